The number of ketones is 1. The van der Waals surface area contributed by atoms with Gasteiger partial charge in [0.25, 0.3) is 5.69 Å². The quantitative estimate of drug-likeness (QED) is 0.350. The van der Waals surface area contributed by atoms with Crippen LogP contribution in [0.3, 0.4) is 0 Å². The van der Waals surface area contributed by atoms with E-state index in [1.807, 2.05) is 26.8 Å². The van der Waals surface area contributed by atoms with Crippen LogP contribution in [0.15, 0.2) is 36.4 Å². The van der Waals surface area contributed by atoms with Crippen LogP contribution in [-0.2, 0) is 0 Å². The van der Waals surface area contributed by atoms with E-state index < -0.39 is 4.92 Å². The minimum absolute atomic E-state index is 0.0432. The number of allylic oxidation sites excluding steroid dienone is 1. The number of benzene rings is 1. The van der Waals surface area contributed by atoms with Crippen molar-refractivity contribution in [2.75, 3.05) is 20.1 Å². The number of nitro benzene ring substituents is 1. The van der Waals surface area contributed by atoms with Gasteiger partial charge in [-0.05, 0) is 40.0 Å². The van der Waals surface area contributed by atoms with Gasteiger partial charge in [-0.2, -0.15) is 0 Å². The lowest BCUT2D eigenvalue weighted by molar-refractivity contribution is -0.385. The third kappa shape index (κ3) is 6.90. The van der Waals surface area contributed by atoms with Crippen molar-refractivity contribution >= 4 is 11.5 Å². The number of carbonyl (C=O) groups is 1. The lowest BCUT2D eigenvalue weighted by Gasteiger charge is -2.13. The molecule has 1 aromatic carbocycles. The molecule has 5 heteroatoms. The Morgan fingerprint density at radius 1 is 1.35 bits per heavy atom. The van der Waals surface area contributed by atoms with E-state index in [4.69, 9.17) is 0 Å². The second kappa shape index (κ2) is 8.25. The Labute approximate surface area is 137 Å². The summed E-state index contributed by atoms with van der Waals surface area (Å²) in [5.74, 6) is 5.77. The van der Waals surface area contributed by atoms with Crippen LogP contribution in [0.5, 0.6) is 0 Å². The summed E-state index contributed by atoms with van der Waals surface area (Å²) in [4.78, 5) is 24.4. The molecule has 1 rings (SSSR count). The Morgan fingerprint density at radius 2 is 2.00 bits per heavy atom. The van der Waals surface area contributed by atoms with Crippen molar-refractivity contribution in [1.29, 1.82) is 0 Å². The molecule has 0 heterocycles. The Balaban J connectivity index is 2.63. The van der Waals surface area contributed by atoms with Crippen molar-refractivity contribution in [3.05, 3.63) is 52.1 Å². The van der Waals surface area contributed by atoms with Crippen LogP contribution >= 0.6 is 0 Å². The summed E-state index contributed by atoms with van der Waals surface area (Å²) in [5.41, 5.74) is -0.0586. The zero-order chi connectivity index (χ0) is 17.5. The van der Waals surface area contributed by atoms with Gasteiger partial charge in [0, 0.05) is 18.0 Å². The SMILES string of the molecule is CN(CC=CC#CC(C)(C)C)CC(=O)c1ccccc1[N+](=O)[O-]. The van der Waals surface area contributed by atoms with Crippen molar-refractivity contribution < 1.29 is 9.72 Å². The summed E-state index contributed by atoms with van der Waals surface area (Å²) < 4.78 is 0. The Bertz CT molecular complexity index is 661. The number of Topliss-reactive ketones (excluding diaryl/α,β-unsaturated/α-hetero) is 1. The third-order valence-corrected chi connectivity index (χ3v) is 2.88. The number of rotatable bonds is 6. The number of nitrogens with zero attached hydrogens (tertiary/aromatic N) is 2. The molecule has 0 atom stereocenters. The van der Waals surface area contributed by atoms with Crippen molar-refractivity contribution in [3.8, 4) is 11.8 Å². The average Bonchev–Trinajstić information content (AvgIpc) is 2.45. The molecule has 0 aromatic heterocycles. The molecule has 5 nitrogen and oxygen atoms in total. The summed E-state index contributed by atoms with van der Waals surface area (Å²) in [6.45, 7) is 6.76. The number of para-hydroxylation sites is 1. The molecule has 0 unspecified atom stereocenters. The van der Waals surface area contributed by atoms with Gasteiger partial charge in [0.2, 0.25) is 0 Å². The largest absolute Gasteiger partial charge is 0.295 e. The molecule has 0 aliphatic heterocycles. The van der Waals surface area contributed by atoms with Crippen LogP contribution in [0.4, 0.5) is 5.69 Å². The van der Waals surface area contributed by atoms with Gasteiger partial charge in [-0.3, -0.25) is 19.8 Å². The van der Waals surface area contributed by atoms with Crippen LogP contribution in [0, 0.1) is 27.4 Å². The first-order valence-electron chi connectivity index (χ1n) is 7.33. The van der Waals surface area contributed by atoms with Crippen LogP contribution < -0.4 is 0 Å². The summed E-state index contributed by atoms with van der Waals surface area (Å²) in [7, 11) is 1.79. The fraction of sp³-hybridized carbons (Fsp3) is 0.389. The zero-order valence-corrected chi connectivity index (χ0v) is 14.0. The highest BCUT2D eigenvalue weighted by Crippen LogP contribution is 2.18. The Kier molecular flexibility index (Phi) is 6.67. The molecule has 0 bridgehead atoms. The van der Waals surface area contributed by atoms with Crippen LogP contribution in [0.2, 0.25) is 0 Å². The van der Waals surface area contributed by atoms with Crippen LogP contribution in [-0.4, -0.2) is 35.7 Å². The predicted octanol–water partition coefficient (Wildman–Crippen LogP) is 3.32. The van der Waals surface area contributed by atoms with Gasteiger partial charge < -0.3 is 0 Å². The highest BCUT2D eigenvalue weighted by Gasteiger charge is 2.19. The van der Waals surface area contributed by atoms with E-state index in [2.05, 4.69) is 11.8 Å². The van der Waals surface area contributed by atoms with Crippen molar-refractivity contribution in [2.24, 2.45) is 5.41 Å². The normalized spacial score (nSPS) is 11.3. The smallest absolute Gasteiger partial charge is 0.280 e. The molecule has 0 aliphatic rings. The van der Waals surface area contributed by atoms with E-state index >= 15 is 0 Å². The summed E-state index contributed by atoms with van der Waals surface area (Å²) in [6, 6.07) is 6.01. The third-order valence-electron chi connectivity index (χ3n) is 2.88. The van der Waals surface area contributed by atoms with E-state index in [-0.39, 0.29) is 29.0 Å². The molecule has 0 saturated heterocycles. The molecule has 0 amide bonds. The first-order valence-corrected chi connectivity index (χ1v) is 7.33. The summed E-state index contributed by atoms with van der Waals surface area (Å²) in [6.07, 6.45) is 3.63. The molecule has 122 valence electrons. The lowest BCUT2D eigenvalue weighted by Crippen LogP contribution is -2.26. The van der Waals surface area contributed by atoms with Gasteiger partial charge >= 0.3 is 0 Å². The van der Waals surface area contributed by atoms with E-state index in [0.717, 1.165) is 0 Å². The van der Waals surface area contributed by atoms with Crippen molar-refractivity contribution in [3.63, 3.8) is 0 Å². The second-order valence-corrected chi connectivity index (χ2v) is 6.32. The monoisotopic (exact) mass is 314 g/mol. The number of likely N-dealkylation sites (N-methyl/N-ethyl adjacent to an activating group) is 1. The maximum absolute atomic E-state index is 12.2. The minimum Gasteiger partial charge on any atom is -0.295 e. The molecular weight excluding hydrogens is 292 g/mol. The number of carbonyl (C=O) groups excluding carboxylic acids is 1. The van der Waals surface area contributed by atoms with E-state index in [0.29, 0.717) is 6.54 Å². The van der Waals surface area contributed by atoms with E-state index in [9.17, 15) is 14.9 Å². The fourth-order valence-electron chi connectivity index (χ4n) is 1.81. The Hall–Kier alpha value is -2.45. The van der Waals surface area contributed by atoms with Crippen LogP contribution in [0.25, 0.3) is 0 Å². The molecule has 23 heavy (non-hydrogen) atoms. The van der Waals surface area contributed by atoms with Gasteiger partial charge in [-0.1, -0.05) is 30.0 Å². The van der Waals surface area contributed by atoms with Crippen LogP contribution in [0.1, 0.15) is 31.1 Å². The van der Waals surface area contributed by atoms with Gasteiger partial charge in [0.1, 0.15) is 0 Å². The first-order chi connectivity index (χ1) is 10.7. The van der Waals surface area contributed by atoms with Gasteiger partial charge in [0.15, 0.2) is 5.78 Å². The van der Waals surface area contributed by atoms with Gasteiger partial charge in [0.05, 0.1) is 17.0 Å². The second-order valence-electron chi connectivity index (χ2n) is 6.32. The summed E-state index contributed by atoms with van der Waals surface area (Å²) >= 11 is 0. The maximum Gasteiger partial charge on any atom is 0.280 e. The predicted molar refractivity (Wildman–Crippen MR) is 91.3 cm³/mol. The molecular formula is C18H22N2O3. The summed E-state index contributed by atoms with van der Waals surface area (Å²) in [5, 5.41) is 11.0. The highest BCUT2D eigenvalue weighted by atomic mass is 16.6. The Morgan fingerprint density at radius 3 is 2.61 bits per heavy atom. The highest BCUT2D eigenvalue weighted by molar-refractivity contribution is 6.01. The fourth-order valence-corrected chi connectivity index (χ4v) is 1.81. The lowest BCUT2D eigenvalue weighted by atomic mass is 9.98. The van der Waals surface area contributed by atoms with E-state index in [1.165, 1.54) is 12.1 Å². The van der Waals surface area contributed by atoms with Gasteiger partial charge in [-0.15, -0.1) is 0 Å². The molecule has 0 radical (unpaired) electrons. The number of nitro groups is 1. The zero-order valence-electron chi connectivity index (χ0n) is 14.0. The molecule has 0 fully saturated rings. The molecule has 0 spiro atoms. The molecule has 1 aromatic rings. The molecule has 0 aliphatic carbocycles. The first kappa shape index (κ1) is 18.6. The molecule has 0 N–H and O–H groups in total. The standard InChI is InChI=1S/C18H22N2O3/c1-18(2,3)12-8-5-9-13-19(4)14-17(21)15-10-6-7-11-16(15)20(22)23/h5-7,9-11H,13-14H2,1-4H3. The van der Waals surface area contributed by atoms with Crippen molar-refractivity contribution in [2.45, 2.75) is 20.8 Å². The topological polar surface area (TPSA) is 63.5 Å². The number of hydrogen-bond donors (Lipinski definition) is 0. The molecule has 0 saturated carbocycles. The minimum atomic E-state index is -0.533. The number of hydrogen-bond acceptors (Lipinski definition) is 4. The van der Waals surface area contributed by atoms with Crippen molar-refractivity contribution in [1.82, 2.24) is 4.90 Å². The van der Waals surface area contributed by atoms with E-state index in [1.54, 1.807) is 30.2 Å². The van der Waals surface area contributed by atoms with Gasteiger partial charge in [-0.25, -0.2) is 0 Å². The maximum atomic E-state index is 12.2. The average molecular weight is 314 g/mol.